The van der Waals surface area contributed by atoms with E-state index in [2.05, 4.69) is 67.6 Å². The van der Waals surface area contributed by atoms with Crippen LogP contribution in [0, 0.1) is 5.92 Å². The summed E-state index contributed by atoms with van der Waals surface area (Å²) in [5.41, 5.74) is 9.51. The van der Waals surface area contributed by atoms with Crippen LogP contribution in [0.25, 0.3) is 0 Å². The Morgan fingerprint density at radius 1 is 0.900 bits per heavy atom. The third-order valence-corrected chi connectivity index (χ3v) is 4.31. The predicted octanol–water partition coefficient (Wildman–Crippen LogP) is 4.73. The molecule has 1 heteroatoms. The summed E-state index contributed by atoms with van der Waals surface area (Å²) < 4.78 is 0. The summed E-state index contributed by atoms with van der Waals surface area (Å²) >= 11 is 0. The smallest absolute Gasteiger partial charge is 0.0316 e. The van der Waals surface area contributed by atoms with E-state index in [9.17, 15) is 0 Å². The Bertz CT molecular complexity index is 600. The molecule has 0 saturated carbocycles. The fraction of sp³-hybridized carbons (Fsp3) is 0.263. The van der Waals surface area contributed by atoms with Gasteiger partial charge in [0, 0.05) is 17.5 Å². The molecule has 0 spiro atoms. The highest BCUT2D eigenvalue weighted by Crippen LogP contribution is 2.39. The lowest BCUT2D eigenvalue weighted by Gasteiger charge is -2.30. The lowest BCUT2D eigenvalue weighted by Crippen LogP contribution is -2.16. The minimum Gasteiger partial charge on any atom is -0.399 e. The maximum absolute atomic E-state index is 5.90. The van der Waals surface area contributed by atoms with E-state index in [1.807, 2.05) is 6.07 Å². The van der Waals surface area contributed by atoms with Gasteiger partial charge >= 0.3 is 0 Å². The first-order chi connectivity index (χ1) is 9.74. The van der Waals surface area contributed by atoms with Crippen LogP contribution in [-0.2, 0) is 0 Å². The first kappa shape index (κ1) is 13.0. The lowest BCUT2D eigenvalue weighted by molar-refractivity contribution is 0.440. The van der Waals surface area contributed by atoms with E-state index < -0.39 is 0 Å². The first-order valence-electron chi connectivity index (χ1n) is 7.33. The van der Waals surface area contributed by atoms with E-state index in [-0.39, 0.29) is 0 Å². The highest BCUT2D eigenvalue weighted by molar-refractivity contribution is 5.43. The van der Waals surface area contributed by atoms with Crippen LogP contribution in [0.15, 0.2) is 66.7 Å². The van der Waals surface area contributed by atoms with Gasteiger partial charge in [0.2, 0.25) is 0 Å². The Labute approximate surface area is 121 Å². The van der Waals surface area contributed by atoms with Crippen LogP contribution >= 0.6 is 0 Å². The minimum absolute atomic E-state index is 0.485. The second kappa shape index (κ2) is 5.54. The molecule has 0 saturated heterocycles. The van der Waals surface area contributed by atoms with E-state index in [1.165, 1.54) is 17.5 Å². The molecule has 0 radical (unpaired) electrons. The number of nitrogens with two attached hydrogens (primary N) is 1. The van der Waals surface area contributed by atoms with Crippen molar-refractivity contribution in [1.82, 2.24) is 0 Å². The average Bonchev–Trinajstić information content (AvgIpc) is 2.48. The van der Waals surface area contributed by atoms with E-state index >= 15 is 0 Å². The number of rotatable bonds is 2. The van der Waals surface area contributed by atoms with Gasteiger partial charge in [0.05, 0.1) is 0 Å². The predicted molar refractivity (Wildman–Crippen MR) is 85.7 cm³/mol. The molecule has 0 amide bonds. The number of hydrogen-bond acceptors (Lipinski definition) is 1. The Balaban J connectivity index is 1.84. The minimum atomic E-state index is 0.485. The number of anilines is 1. The fourth-order valence-electron chi connectivity index (χ4n) is 3.22. The summed E-state index contributed by atoms with van der Waals surface area (Å²) in [6, 6.07) is 19.1. The van der Waals surface area contributed by atoms with Crippen LogP contribution < -0.4 is 5.73 Å². The van der Waals surface area contributed by atoms with Crippen molar-refractivity contribution in [1.29, 1.82) is 0 Å². The van der Waals surface area contributed by atoms with E-state index in [4.69, 9.17) is 5.73 Å². The normalized spacial score (nSPS) is 25.6. The number of hydrogen-bond donors (Lipinski definition) is 1. The summed E-state index contributed by atoms with van der Waals surface area (Å²) in [6.45, 7) is 2.34. The summed E-state index contributed by atoms with van der Waals surface area (Å²) in [7, 11) is 0. The Hall–Kier alpha value is -2.02. The number of allylic oxidation sites excluding steroid dienone is 2. The van der Waals surface area contributed by atoms with Crippen LogP contribution in [0.3, 0.4) is 0 Å². The van der Waals surface area contributed by atoms with Gasteiger partial charge in [-0.05, 0) is 35.6 Å². The van der Waals surface area contributed by atoms with Crippen LogP contribution in [0.4, 0.5) is 5.69 Å². The molecule has 102 valence electrons. The molecular weight excluding hydrogens is 242 g/mol. The highest BCUT2D eigenvalue weighted by atomic mass is 14.5. The number of nitrogen functional groups attached to an aromatic ring is 1. The van der Waals surface area contributed by atoms with Gasteiger partial charge in [0.25, 0.3) is 0 Å². The molecular formula is C19H21N. The zero-order valence-electron chi connectivity index (χ0n) is 11.9. The second-order valence-electron chi connectivity index (χ2n) is 5.81. The molecule has 0 bridgehead atoms. The van der Waals surface area contributed by atoms with Crippen molar-refractivity contribution in [3.8, 4) is 0 Å². The van der Waals surface area contributed by atoms with Crippen molar-refractivity contribution >= 4 is 5.69 Å². The maximum atomic E-state index is 5.90. The van der Waals surface area contributed by atoms with Crippen LogP contribution in [0.2, 0.25) is 0 Å². The van der Waals surface area contributed by atoms with E-state index in [0.717, 1.165) is 5.69 Å². The van der Waals surface area contributed by atoms with Crippen LogP contribution in [0.5, 0.6) is 0 Å². The molecule has 1 aliphatic rings. The van der Waals surface area contributed by atoms with Crippen molar-refractivity contribution in [2.24, 2.45) is 5.92 Å². The van der Waals surface area contributed by atoms with Gasteiger partial charge in [-0.2, -0.15) is 0 Å². The fourth-order valence-corrected chi connectivity index (χ4v) is 3.22. The molecule has 2 aromatic rings. The van der Waals surface area contributed by atoms with Gasteiger partial charge in [-0.15, -0.1) is 0 Å². The molecule has 3 atom stereocenters. The Morgan fingerprint density at radius 2 is 1.65 bits per heavy atom. The molecule has 20 heavy (non-hydrogen) atoms. The summed E-state index contributed by atoms with van der Waals surface area (Å²) in [5, 5.41) is 0. The van der Waals surface area contributed by atoms with Crippen molar-refractivity contribution < 1.29 is 0 Å². The zero-order chi connectivity index (χ0) is 13.9. The molecule has 2 N–H and O–H groups in total. The van der Waals surface area contributed by atoms with Crippen LogP contribution in [-0.4, -0.2) is 0 Å². The standard InChI is InChI=1S/C19H21N/c1-14-12-16(15-6-3-2-4-7-15)10-11-19(14)17-8-5-9-18(20)13-17/h2-11,13-14,16,19H,12,20H2,1H3. The topological polar surface area (TPSA) is 26.0 Å². The number of benzene rings is 2. The quantitative estimate of drug-likeness (QED) is 0.615. The molecule has 2 aromatic carbocycles. The second-order valence-corrected chi connectivity index (χ2v) is 5.81. The molecule has 0 aliphatic heterocycles. The van der Waals surface area contributed by atoms with Gasteiger partial charge in [0.15, 0.2) is 0 Å². The molecule has 1 nitrogen and oxygen atoms in total. The Morgan fingerprint density at radius 3 is 2.35 bits per heavy atom. The summed E-state index contributed by atoms with van der Waals surface area (Å²) in [4.78, 5) is 0. The zero-order valence-corrected chi connectivity index (χ0v) is 11.9. The first-order valence-corrected chi connectivity index (χ1v) is 7.33. The third kappa shape index (κ3) is 2.62. The van der Waals surface area contributed by atoms with Crippen molar-refractivity contribution in [3.63, 3.8) is 0 Å². The summed E-state index contributed by atoms with van der Waals surface area (Å²) in [6.07, 6.45) is 5.92. The van der Waals surface area contributed by atoms with Gasteiger partial charge < -0.3 is 5.73 Å². The van der Waals surface area contributed by atoms with Crippen molar-refractivity contribution in [2.45, 2.75) is 25.2 Å². The van der Waals surface area contributed by atoms with E-state index in [0.29, 0.717) is 17.8 Å². The Kier molecular flexibility index (Phi) is 3.60. The molecule has 3 rings (SSSR count). The average molecular weight is 263 g/mol. The van der Waals surface area contributed by atoms with Gasteiger partial charge in [-0.3, -0.25) is 0 Å². The maximum Gasteiger partial charge on any atom is 0.0316 e. The van der Waals surface area contributed by atoms with Crippen LogP contribution in [0.1, 0.15) is 36.3 Å². The van der Waals surface area contributed by atoms with Gasteiger partial charge in [-0.25, -0.2) is 0 Å². The van der Waals surface area contributed by atoms with E-state index in [1.54, 1.807) is 0 Å². The lowest BCUT2D eigenvalue weighted by atomic mass is 9.75. The van der Waals surface area contributed by atoms with Gasteiger partial charge in [0.1, 0.15) is 0 Å². The van der Waals surface area contributed by atoms with Crippen molar-refractivity contribution in [3.05, 3.63) is 77.9 Å². The molecule has 0 heterocycles. The van der Waals surface area contributed by atoms with Gasteiger partial charge in [-0.1, -0.05) is 61.5 Å². The molecule has 0 aromatic heterocycles. The molecule has 1 aliphatic carbocycles. The highest BCUT2D eigenvalue weighted by Gasteiger charge is 2.25. The van der Waals surface area contributed by atoms with Crippen molar-refractivity contribution in [2.75, 3.05) is 5.73 Å². The monoisotopic (exact) mass is 263 g/mol. The molecule has 0 fully saturated rings. The SMILES string of the molecule is CC1CC(c2ccccc2)C=CC1c1cccc(N)c1. The third-order valence-electron chi connectivity index (χ3n) is 4.31. The molecule has 3 unspecified atom stereocenters. The largest absolute Gasteiger partial charge is 0.399 e. The summed E-state index contributed by atoms with van der Waals surface area (Å²) in [5.74, 6) is 1.66.